The van der Waals surface area contributed by atoms with E-state index in [1.54, 1.807) is 12.4 Å². The van der Waals surface area contributed by atoms with E-state index in [-0.39, 0.29) is 5.92 Å². The molecular weight excluding hydrogens is 178 g/mol. The minimum Gasteiger partial charge on any atom is -0.390 e. The fraction of sp³-hybridized carbons (Fsp3) is 0.545. The predicted molar refractivity (Wildman–Crippen MR) is 54.8 cm³/mol. The summed E-state index contributed by atoms with van der Waals surface area (Å²) in [4.78, 5) is 3.94. The molecule has 1 aromatic rings. The van der Waals surface area contributed by atoms with Crippen molar-refractivity contribution in [1.82, 2.24) is 4.98 Å². The Bertz CT molecular complexity index is 299. The quantitative estimate of drug-likeness (QED) is 0.767. The molecular formula is C11H17NO2. The van der Waals surface area contributed by atoms with Gasteiger partial charge in [0.1, 0.15) is 6.10 Å². The van der Waals surface area contributed by atoms with E-state index >= 15 is 0 Å². The first-order valence-electron chi connectivity index (χ1n) is 4.80. The fourth-order valence-electron chi connectivity index (χ4n) is 1.33. The lowest BCUT2D eigenvalue weighted by Crippen LogP contribution is -2.24. The number of aromatic nitrogens is 1. The maximum absolute atomic E-state index is 9.85. The molecule has 3 nitrogen and oxygen atoms in total. The van der Waals surface area contributed by atoms with Gasteiger partial charge in [0.25, 0.3) is 0 Å². The van der Waals surface area contributed by atoms with Crippen LogP contribution in [0, 0.1) is 12.8 Å². The molecule has 0 spiro atoms. The van der Waals surface area contributed by atoms with E-state index in [4.69, 9.17) is 0 Å². The Hall–Kier alpha value is -0.930. The molecule has 1 heterocycles. The number of pyridine rings is 1. The molecule has 0 fully saturated rings. The Balaban J connectivity index is 2.89. The van der Waals surface area contributed by atoms with Gasteiger partial charge in [-0.3, -0.25) is 4.98 Å². The fourth-order valence-corrected chi connectivity index (χ4v) is 1.33. The van der Waals surface area contributed by atoms with Gasteiger partial charge in [-0.15, -0.1) is 0 Å². The van der Waals surface area contributed by atoms with Crippen molar-refractivity contribution in [3.63, 3.8) is 0 Å². The molecule has 2 unspecified atom stereocenters. The summed E-state index contributed by atoms with van der Waals surface area (Å²) in [6, 6.07) is 1.82. The van der Waals surface area contributed by atoms with E-state index in [0.29, 0.717) is 5.56 Å². The van der Waals surface area contributed by atoms with E-state index in [9.17, 15) is 10.2 Å². The Kier molecular flexibility index (Phi) is 3.61. The molecule has 14 heavy (non-hydrogen) atoms. The van der Waals surface area contributed by atoms with E-state index in [2.05, 4.69) is 4.98 Å². The molecule has 1 aromatic heterocycles. The Morgan fingerprint density at radius 3 is 2.43 bits per heavy atom. The Morgan fingerprint density at radius 1 is 1.29 bits per heavy atom. The molecule has 0 aromatic carbocycles. The number of hydrogen-bond acceptors (Lipinski definition) is 3. The van der Waals surface area contributed by atoms with Crippen LogP contribution in [-0.4, -0.2) is 21.3 Å². The van der Waals surface area contributed by atoms with Crippen LogP contribution in [0.4, 0.5) is 0 Å². The van der Waals surface area contributed by atoms with Gasteiger partial charge in [0.15, 0.2) is 0 Å². The zero-order chi connectivity index (χ0) is 10.7. The van der Waals surface area contributed by atoms with Gasteiger partial charge in [-0.25, -0.2) is 0 Å². The van der Waals surface area contributed by atoms with Crippen LogP contribution >= 0.6 is 0 Å². The standard InChI is InChI=1S/C11H17NO2/c1-7(2)10(13)11(14)9-6-12-5-4-8(9)3/h4-7,10-11,13-14H,1-3H3. The van der Waals surface area contributed by atoms with Gasteiger partial charge in [0.05, 0.1) is 6.10 Å². The lowest BCUT2D eigenvalue weighted by molar-refractivity contribution is -0.00988. The number of nitrogens with zero attached hydrogens (tertiary/aromatic N) is 1. The average Bonchev–Trinajstić information content (AvgIpc) is 2.16. The molecule has 2 N–H and O–H groups in total. The highest BCUT2D eigenvalue weighted by atomic mass is 16.3. The maximum Gasteiger partial charge on any atom is 0.107 e. The highest BCUT2D eigenvalue weighted by molar-refractivity contribution is 5.24. The van der Waals surface area contributed by atoms with Crippen molar-refractivity contribution in [2.75, 3.05) is 0 Å². The number of aliphatic hydroxyl groups excluding tert-OH is 2. The molecule has 0 aliphatic rings. The van der Waals surface area contributed by atoms with E-state index in [1.165, 1.54) is 0 Å². The van der Waals surface area contributed by atoms with Crippen LogP contribution in [0.3, 0.4) is 0 Å². The summed E-state index contributed by atoms with van der Waals surface area (Å²) in [5.41, 5.74) is 1.65. The van der Waals surface area contributed by atoms with Crippen LogP contribution in [-0.2, 0) is 0 Å². The summed E-state index contributed by atoms with van der Waals surface area (Å²) in [6.45, 7) is 5.65. The Labute approximate surface area is 84.4 Å². The van der Waals surface area contributed by atoms with Gasteiger partial charge in [-0.2, -0.15) is 0 Å². The summed E-state index contributed by atoms with van der Waals surface area (Å²) in [5.74, 6) is 0.0320. The van der Waals surface area contributed by atoms with Gasteiger partial charge in [0, 0.05) is 18.0 Å². The highest BCUT2D eigenvalue weighted by Crippen LogP contribution is 2.23. The molecule has 0 saturated heterocycles. The maximum atomic E-state index is 9.85. The first-order valence-corrected chi connectivity index (χ1v) is 4.80. The number of aryl methyl sites for hydroxylation is 1. The summed E-state index contributed by atoms with van der Waals surface area (Å²) in [7, 11) is 0. The zero-order valence-corrected chi connectivity index (χ0v) is 8.81. The molecule has 0 aliphatic heterocycles. The molecule has 2 atom stereocenters. The lowest BCUT2D eigenvalue weighted by atomic mass is 9.95. The monoisotopic (exact) mass is 195 g/mol. The van der Waals surface area contributed by atoms with Gasteiger partial charge in [0.2, 0.25) is 0 Å². The second-order valence-corrected chi connectivity index (χ2v) is 3.91. The van der Waals surface area contributed by atoms with Crippen molar-refractivity contribution >= 4 is 0 Å². The third-order valence-electron chi connectivity index (χ3n) is 2.40. The smallest absolute Gasteiger partial charge is 0.107 e. The zero-order valence-electron chi connectivity index (χ0n) is 8.81. The van der Waals surface area contributed by atoms with Gasteiger partial charge in [-0.05, 0) is 24.5 Å². The Morgan fingerprint density at radius 2 is 1.93 bits per heavy atom. The third-order valence-corrected chi connectivity index (χ3v) is 2.40. The van der Waals surface area contributed by atoms with E-state index in [1.807, 2.05) is 26.8 Å². The van der Waals surface area contributed by atoms with Crippen molar-refractivity contribution in [2.24, 2.45) is 5.92 Å². The number of hydrogen-bond donors (Lipinski definition) is 2. The highest BCUT2D eigenvalue weighted by Gasteiger charge is 2.22. The van der Waals surface area contributed by atoms with Crippen molar-refractivity contribution < 1.29 is 10.2 Å². The third kappa shape index (κ3) is 2.30. The van der Waals surface area contributed by atoms with Crippen molar-refractivity contribution in [3.8, 4) is 0 Å². The number of rotatable bonds is 3. The van der Waals surface area contributed by atoms with Gasteiger partial charge < -0.3 is 10.2 Å². The summed E-state index contributed by atoms with van der Waals surface area (Å²) in [5, 5.41) is 19.5. The normalized spacial score (nSPS) is 15.6. The van der Waals surface area contributed by atoms with Gasteiger partial charge in [-0.1, -0.05) is 13.8 Å². The molecule has 1 rings (SSSR count). The molecule has 0 saturated carbocycles. The number of aliphatic hydroxyl groups is 2. The van der Waals surface area contributed by atoms with Crippen LogP contribution in [0.5, 0.6) is 0 Å². The minimum atomic E-state index is -0.844. The summed E-state index contributed by atoms with van der Waals surface area (Å²) in [6.07, 6.45) is 1.69. The summed E-state index contributed by atoms with van der Waals surface area (Å²) < 4.78 is 0. The molecule has 0 amide bonds. The van der Waals surface area contributed by atoms with Crippen molar-refractivity contribution in [1.29, 1.82) is 0 Å². The van der Waals surface area contributed by atoms with Crippen LogP contribution < -0.4 is 0 Å². The van der Waals surface area contributed by atoms with Crippen LogP contribution in [0.2, 0.25) is 0 Å². The topological polar surface area (TPSA) is 53.4 Å². The minimum absolute atomic E-state index is 0.0320. The molecule has 0 aliphatic carbocycles. The lowest BCUT2D eigenvalue weighted by Gasteiger charge is -2.22. The van der Waals surface area contributed by atoms with E-state index < -0.39 is 12.2 Å². The molecule has 3 heteroatoms. The van der Waals surface area contributed by atoms with Crippen molar-refractivity contribution in [3.05, 3.63) is 29.6 Å². The predicted octanol–water partition coefficient (Wildman–Crippen LogP) is 1.44. The molecule has 0 radical (unpaired) electrons. The van der Waals surface area contributed by atoms with E-state index in [0.717, 1.165) is 5.56 Å². The largest absolute Gasteiger partial charge is 0.390 e. The van der Waals surface area contributed by atoms with Crippen LogP contribution in [0.25, 0.3) is 0 Å². The first-order chi connectivity index (χ1) is 6.54. The molecule has 0 bridgehead atoms. The second-order valence-electron chi connectivity index (χ2n) is 3.91. The second kappa shape index (κ2) is 4.53. The first kappa shape index (κ1) is 11.1. The SMILES string of the molecule is Cc1ccncc1C(O)C(O)C(C)C. The molecule has 78 valence electrons. The summed E-state index contributed by atoms with van der Waals surface area (Å²) >= 11 is 0. The van der Waals surface area contributed by atoms with Crippen molar-refractivity contribution in [2.45, 2.75) is 33.0 Å². The van der Waals surface area contributed by atoms with Crippen LogP contribution in [0.15, 0.2) is 18.5 Å². The van der Waals surface area contributed by atoms with Crippen LogP contribution in [0.1, 0.15) is 31.1 Å². The average molecular weight is 195 g/mol. The van der Waals surface area contributed by atoms with Gasteiger partial charge >= 0.3 is 0 Å².